The third kappa shape index (κ3) is 3.95. The standard InChI is InChI=1S/C19H16Cl2N2O2S/c1-11-3-5-13(15(20)9-11)17(24)22-19-23(7-8-26-19)18(25)14-6-4-12(2)10-16(14)21/h3-6,9-10H,7-8H2,1-2H3. The van der Waals surface area contributed by atoms with Crippen molar-refractivity contribution in [3.05, 3.63) is 68.7 Å². The lowest BCUT2D eigenvalue weighted by atomic mass is 10.1. The minimum absolute atomic E-state index is 0.262. The normalized spacial score (nSPS) is 15.5. The minimum Gasteiger partial charge on any atom is -0.286 e. The molecule has 0 spiro atoms. The van der Waals surface area contributed by atoms with E-state index in [0.29, 0.717) is 38.6 Å². The van der Waals surface area contributed by atoms with Crippen LogP contribution in [0.2, 0.25) is 10.0 Å². The Bertz CT molecular complexity index is 928. The van der Waals surface area contributed by atoms with E-state index in [4.69, 9.17) is 23.2 Å². The van der Waals surface area contributed by atoms with Gasteiger partial charge in [0, 0.05) is 12.3 Å². The Balaban J connectivity index is 1.88. The van der Waals surface area contributed by atoms with Crippen LogP contribution in [0.4, 0.5) is 0 Å². The highest BCUT2D eigenvalue weighted by Crippen LogP contribution is 2.26. The molecule has 1 aliphatic heterocycles. The maximum absolute atomic E-state index is 12.8. The zero-order chi connectivity index (χ0) is 18.8. The number of carbonyl (C=O) groups is 2. The largest absolute Gasteiger partial charge is 0.286 e. The molecule has 7 heteroatoms. The van der Waals surface area contributed by atoms with Gasteiger partial charge < -0.3 is 0 Å². The monoisotopic (exact) mass is 406 g/mol. The van der Waals surface area contributed by atoms with Crippen molar-refractivity contribution in [2.75, 3.05) is 12.3 Å². The van der Waals surface area contributed by atoms with Gasteiger partial charge in [0.15, 0.2) is 5.17 Å². The second-order valence-electron chi connectivity index (χ2n) is 5.97. The first-order valence-corrected chi connectivity index (χ1v) is 9.71. The van der Waals surface area contributed by atoms with Gasteiger partial charge in [-0.25, -0.2) is 0 Å². The molecule has 1 heterocycles. The highest BCUT2D eigenvalue weighted by molar-refractivity contribution is 8.14. The Morgan fingerprint density at radius 2 is 1.58 bits per heavy atom. The van der Waals surface area contributed by atoms with Crippen LogP contribution in [0.1, 0.15) is 31.8 Å². The number of aryl methyl sites for hydroxylation is 2. The fourth-order valence-electron chi connectivity index (χ4n) is 2.56. The fraction of sp³-hybridized carbons (Fsp3) is 0.211. The van der Waals surface area contributed by atoms with Crippen LogP contribution in [0.25, 0.3) is 0 Å². The van der Waals surface area contributed by atoms with Crippen molar-refractivity contribution >= 4 is 51.9 Å². The zero-order valence-electron chi connectivity index (χ0n) is 14.3. The van der Waals surface area contributed by atoms with E-state index in [1.807, 2.05) is 19.9 Å². The first-order valence-electron chi connectivity index (χ1n) is 7.97. The molecular weight excluding hydrogens is 391 g/mol. The van der Waals surface area contributed by atoms with Gasteiger partial charge in [-0.3, -0.25) is 14.5 Å². The van der Waals surface area contributed by atoms with Crippen molar-refractivity contribution in [3.8, 4) is 0 Å². The highest BCUT2D eigenvalue weighted by atomic mass is 35.5. The fourth-order valence-corrected chi connectivity index (χ4v) is 4.13. The van der Waals surface area contributed by atoms with E-state index < -0.39 is 5.91 Å². The molecule has 0 aromatic heterocycles. The second kappa shape index (κ2) is 7.82. The van der Waals surface area contributed by atoms with Gasteiger partial charge in [0.05, 0.1) is 21.2 Å². The van der Waals surface area contributed by atoms with Crippen molar-refractivity contribution in [1.82, 2.24) is 4.90 Å². The van der Waals surface area contributed by atoms with Gasteiger partial charge >= 0.3 is 0 Å². The van der Waals surface area contributed by atoms with E-state index in [-0.39, 0.29) is 5.91 Å². The average Bonchev–Trinajstić information content (AvgIpc) is 3.02. The lowest BCUT2D eigenvalue weighted by molar-refractivity contribution is 0.0859. The topological polar surface area (TPSA) is 49.7 Å². The number of hydrogen-bond donors (Lipinski definition) is 0. The first-order chi connectivity index (χ1) is 12.4. The summed E-state index contributed by atoms with van der Waals surface area (Å²) < 4.78 is 0. The maximum Gasteiger partial charge on any atom is 0.280 e. The molecule has 26 heavy (non-hydrogen) atoms. The van der Waals surface area contributed by atoms with Crippen LogP contribution in [-0.4, -0.2) is 34.2 Å². The number of rotatable bonds is 2. The van der Waals surface area contributed by atoms with Crippen molar-refractivity contribution in [1.29, 1.82) is 0 Å². The third-order valence-corrected chi connectivity index (χ3v) is 5.51. The molecule has 0 unspecified atom stereocenters. The predicted molar refractivity (Wildman–Crippen MR) is 108 cm³/mol. The summed E-state index contributed by atoms with van der Waals surface area (Å²) in [7, 11) is 0. The number of benzene rings is 2. The number of carbonyl (C=O) groups excluding carboxylic acids is 2. The summed E-state index contributed by atoms with van der Waals surface area (Å²) >= 11 is 13.7. The average molecular weight is 407 g/mol. The van der Waals surface area contributed by atoms with E-state index >= 15 is 0 Å². The lowest BCUT2D eigenvalue weighted by Crippen LogP contribution is -2.32. The maximum atomic E-state index is 12.8. The van der Waals surface area contributed by atoms with Gasteiger partial charge in [-0.1, -0.05) is 47.1 Å². The first kappa shape index (κ1) is 19.0. The van der Waals surface area contributed by atoms with Crippen LogP contribution >= 0.6 is 35.0 Å². The van der Waals surface area contributed by atoms with Crippen molar-refractivity contribution in [2.45, 2.75) is 13.8 Å². The lowest BCUT2D eigenvalue weighted by Gasteiger charge is -2.16. The van der Waals surface area contributed by atoms with E-state index in [0.717, 1.165) is 11.1 Å². The van der Waals surface area contributed by atoms with E-state index in [9.17, 15) is 9.59 Å². The molecule has 2 aromatic rings. The molecule has 0 radical (unpaired) electrons. The molecular formula is C19H16Cl2N2O2S. The Morgan fingerprint density at radius 1 is 1.00 bits per heavy atom. The van der Waals surface area contributed by atoms with Crippen molar-refractivity contribution < 1.29 is 9.59 Å². The molecule has 0 saturated carbocycles. The number of hydrogen-bond acceptors (Lipinski definition) is 3. The number of amides is 2. The van der Waals surface area contributed by atoms with Crippen molar-refractivity contribution in [3.63, 3.8) is 0 Å². The Labute approximate surface area is 166 Å². The van der Waals surface area contributed by atoms with Gasteiger partial charge in [-0.2, -0.15) is 4.99 Å². The Kier molecular flexibility index (Phi) is 5.70. The Hall–Kier alpha value is -1.82. The number of halogens is 2. The summed E-state index contributed by atoms with van der Waals surface area (Å²) in [6.07, 6.45) is 0. The van der Waals surface area contributed by atoms with Gasteiger partial charge in [0.25, 0.3) is 11.8 Å². The zero-order valence-corrected chi connectivity index (χ0v) is 16.6. The molecule has 2 aromatic carbocycles. The molecule has 1 aliphatic rings. The quantitative estimate of drug-likeness (QED) is 0.704. The van der Waals surface area contributed by atoms with Gasteiger partial charge in [-0.05, 0) is 49.2 Å². The summed E-state index contributed by atoms with van der Waals surface area (Å²) in [4.78, 5) is 30.9. The number of aliphatic imine (C=N–C) groups is 1. The van der Waals surface area contributed by atoms with Gasteiger partial charge in [0.1, 0.15) is 0 Å². The van der Waals surface area contributed by atoms with Crippen LogP contribution < -0.4 is 0 Å². The third-order valence-electron chi connectivity index (χ3n) is 3.93. The van der Waals surface area contributed by atoms with E-state index in [1.165, 1.54) is 16.7 Å². The predicted octanol–water partition coefficient (Wildman–Crippen LogP) is 5.00. The highest BCUT2D eigenvalue weighted by Gasteiger charge is 2.29. The molecule has 0 atom stereocenters. The minimum atomic E-state index is -0.466. The molecule has 0 N–H and O–H groups in total. The SMILES string of the molecule is Cc1ccc(C(=O)N=C2SCCN2C(=O)c2ccc(C)cc2Cl)c(Cl)c1. The summed E-state index contributed by atoms with van der Waals surface area (Å²) in [6, 6.07) is 10.4. The molecule has 4 nitrogen and oxygen atoms in total. The Morgan fingerprint density at radius 3 is 2.15 bits per heavy atom. The molecule has 0 aliphatic carbocycles. The summed E-state index contributed by atoms with van der Waals surface area (Å²) in [5, 5.41) is 1.11. The van der Waals surface area contributed by atoms with E-state index in [2.05, 4.69) is 4.99 Å². The number of amidine groups is 1. The van der Waals surface area contributed by atoms with Crippen LogP contribution in [0.3, 0.4) is 0 Å². The molecule has 1 fully saturated rings. The molecule has 3 rings (SSSR count). The van der Waals surface area contributed by atoms with Crippen molar-refractivity contribution in [2.24, 2.45) is 4.99 Å². The molecule has 0 bridgehead atoms. The summed E-state index contributed by atoms with van der Waals surface area (Å²) in [5.74, 6) is -0.0584. The number of thioether (sulfide) groups is 1. The summed E-state index contributed by atoms with van der Waals surface area (Å²) in [5.41, 5.74) is 2.65. The second-order valence-corrected chi connectivity index (χ2v) is 7.85. The van der Waals surface area contributed by atoms with Crippen LogP contribution in [-0.2, 0) is 0 Å². The van der Waals surface area contributed by atoms with Gasteiger partial charge in [0.2, 0.25) is 0 Å². The van der Waals surface area contributed by atoms with Crippen LogP contribution in [0, 0.1) is 13.8 Å². The van der Waals surface area contributed by atoms with Crippen LogP contribution in [0.5, 0.6) is 0 Å². The molecule has 134 valence electrons. The van der Waals surface area contributed by atoms with Crippen LogP contribution in [0.15, 0.2) is 41.4 Å². The van der Waals surface area contributed by atoms with E-state index in [1.54, 1.807) is 30.3 Å². The smallest absolute Gasteiger partial charge is 0.280 e. The number of nitrogens with zero attached hydrogens (tertiary/aromatic N) is 2. The summed E-state index contributed by atoms with van der Waals surface area (Å²) in [6.45, 7) is 4.27. The molecule has 1 saturated heterocycles. The van der Waals surface area contributed by atoms with Gasteiger partial charge in [-0.15, -0.1) is 0 Å². The molecule has 2 amide bonds.